The van der Waals surface area contributed by atoms with Crippen LogP contribution in [0, 0.1) is 6.92 Å². The van der Waals surface area contributed by atoms with Gasteiger partial charge in [-0.3, -0.25) is 0 Å². The molecule has 28 heavy (non-hydrogen) atoms. The SMILES string of the molecule is C=C(C)C(=O)OCCCOc1ccc(-n2n3c4ccc(Cl)cc4n23)c(O)c1C. The van der Waals surface area contributed by atoms with Crippen molar-refractivity contribution >= 4 is 28.6 Å². The Bertz CT molecular complexity index is 1180. The Kier molecular flexibility index (Phi) is 4.47. The highest BCUT2D eigenvalue weighted by molar-refractivity contribution is 6.31. The molecule has 146 valence electrons. The van der Waals surface area contributed by atoms with Crippen molar-refractivity contribution in [2.75, 3.05) is 13.2 Å². The van der Waals surface area contributed by atoms with Gasteiger partial charge in [-0.25, -0.2) is 4.79 Å². The monoisotopic (exact) mass is 401 g/mol. The number of carbonyl (C=O) groups is 1. The number of carbonyl (C=O) groups excluding carboxylic acids is 1. The third kappa shape index (κ3) is 2.97. The predicted molar refractivity (Wildman–Crippen MR) is 106 cm³/mol. The van der Waals surface area contributed by atoms with E-state index in [0.29, 0.717) is 40.6 Å². The van der Waals surface area contributed by atoms with Gasteiger partial charge in [0.05, 0.1) is 13.2 Å². The van der Waals surface area contributed by atoms with Gasteiger partial charge in [0.1, 0.15) is 28.2 Å². The molecule has 2 aromatic carbocycles. The smallest absolute Gasteiger partial charge is 0.333 e. The van der Waals surface area contributed by atoms with Gasteiger partial charge in [-0.2, -0.15) is 0 Å². The van der Waals surface area contributed by atoms with Crippen molar-refractivity contribution in [3.05, 3.63) is 53.1 Å². The number of aromatic hydroxyl groups is 1. The lowest BCUT2D eigenvalue weighted by atomic mass is 10.1. The summed E-state index contributed by atoms with van der Waals surface area (Å²) in [5.74, 6) is 0.337. The first-order chi connectivity index (χ1) is 13.4. The van der Waals surface area contributed by atoms with Gasteiger partial charge < -0.3 is 14.6 Å². The molecule has 1 N–H and O–H groups in total. The topological polar surface area (TPSA) is 69.5 Å². The molecule has 4 aromatic rings. The van der Waals surface area contributed by atoms with Crippen molar-refractivity contribution in [2.45, 2.75) is 20.3 Å². The molecular weight excluding hydrogens is 382 g/mol. The van der Waals surface area contributed by atoms with Gasteiger partial charge in [-0.1, -0.05) is 18.2 Å². The van der Waals surface area contributed by atoms with Gasteiger partial charge in [0.15, 0.2) is 0 Å². The zero-order valence-corrected chi connectivity index (χ0v) is 16.4. The van der Waals surface area contributed by atoms with E-state index in [4.69, 9.17) is 21.1 Å². The van der Waals surface area contributed by atoms with E-state index >= 15 is 0 Å². The normalized spacial score (nSPS) is 11.5. The number of benzene rings is 2. The standard InChI is InChI=1S/C20H20ClN3O4/c1-12(2)20(26)28-10-4-9-27-18-8-7-16(19(25)13(18)3)23-22-15-6-5-14(21)11-17(15)24(22)23/h5-8,11,25H,1,4,9-10H2,2-3H3. The molecule has 0 amide bonds. The predicted octanol–water partition coefficient (Wildman–Crippen LogP) is 3.98. The van der Waals surface area contributed by atoms with Crippen molar-refractivity contribution in [2.24, 2.45) is 0 Å². The fourth-order valence-corrected chi connectivity index (χ4v) is 3.20. The first kappa shape index (κ1) is 18.3. The second-order valence-electron chi connectivity index (χ2n) is 6.68. The van der Waals surface area contributed by atoms with E-state index in [-0.39, 0.29) is 12.4 Å². The first-order valence-corrected chi connectivity index (χ1v) is 9.25. The molecule has 2 aromatic heterocycles. The molecule has 0 aliphatic carbocycles. The molecule has 8 heteroatoms. The number of esters is 1. The second-order valence-corrected chi connectivity index (χ2v) is 7.11. The number of phenols is 1. The molecule has 2 heterocycles. The molecule has 0 aliphatic rings. The van der Waals surface area contributed by atoms with Crippen molar-refractivity contribution in [3.63, 3.8) is 0 Å². The maximum atomic E-state index is 11.3. The number of hydrogen-bond acceptors (Lipinski definition) is 4. The van der Waals surface area contributed by atoms with Crippen LogP contribution >= 0.6 is 11.6 Å². The summed E-state index contributed by atoms with van der Waals surface area (Å²) in [5.41, 5.74) is 3.71. The third-order valence-corrected chi connectivity index (χ3v) is 4.81. The van der Waals surface area contributed by atoms with Crippen molar-refractivity contribution in [3.8, 4) is 17.2 Å². The van der Waals surface area contributed by atoms with E-state index in [2.05, 4.69) is 6.58 Å². The molecular formula is C20H20ClN3O4. The van der Waals surface area contributed by atoms with Crippen LogP contribution in [-0.2, 0) is 9.53 Å². The lowest BCUT2D eigenvalue weighted by Gasteiger charge is -2.12. The molecule has 0 aliphatic heterocycles. The number of nitrogens with zero attached hydrogens (tertiary/aromatic N) is 3. The van der Waals surface area contributed by atoms with E-state index in [1.54, 1.807) is 19.9 Å². The number of ether oxygens (including phenoxy) is 2. The van der Waals surface area contributed by atoms with E-state index in [0.717, 1.165) is 11.0 Å². The first-order valence-electron chi connectivity index (χ1n) is 8.88. The minimum atomic E-state index is -0.404. The highest BCUT2D eigenvalue weighted by Gasteiger charge is 2.26. The number of fused-ring (bicyclic) bond motifs is 4. The van der Waals surface area contributed by atoms with E-state index in [1.807, 2.05) is 38.3 Å². The van der Waals surface area contributed by atoms with Crippen LogP contribution in [0.15, 0.2) is 42.5 Å². The fourth-order valence-electron chi connectivity index (χ4n) is 3.03. The summed E-state index contributed by atoms with van der Waals surface area (Å²) in [6.45, 7) is 7.57. The number of rotatable bonds is 7. The van der Waals surface area contributed by atoms with Crippen LogP contribution in [0.1, 0.15) is 18.9 Å². The van der Waals surface area contributed by atoms with Gasteiger partial charge in [-0.05, 0) is 44.2 Å². The summed E-state index contributed by atoms with van der Waals surface area (Å²) in [4.78, 5) is 13.2. The molecule has 0 saturated heterocycles. The van der Waals surface area contributed by atoms with Gasteiger partial charge >= 0.3 is 5.97 Å². The fraction of sp³-hybridized carbons (Fsp3) is 0.250. The van der Waals surface area contributed by atoms with Crippen molar-refractivity contribution in [1.82, 2.24) is 14.1 Å². The largest absolute Gasteiger partial charge is 0.505 e. The molecule has 4 rings (SSSR count). The molecule has 0 radical (unpaired) electrons. The number of hydrogen-bond donors (Lipinski definition) is 1. The van der Waals surface area contributed by atoms with Crippen LogP contribution in [0.4, 0.5) is 0 Å². The summed E-state index contributed by atoms with van der Waals surface area (Å²) in [7, 11) is 0. The van der Waals surface area contributed by atoms with Gasteiger partial charge in [-0.15, -0.1) is 14.1 Å². The summed E-state index contributed by atoms with van der Waals surface area (Å²) in [5, 5.41) is 11.3. The quantitative estimate of drug-likeness (QED) is 0.289. The lowest BCUT2D eigenvalue weighted by molar-refractivity contribution is -0.139. The molecule has 0 bridgehead atoms. The van der Waals surface area contributed by atoms with Crippen LogP contribution in [0.3, 0.4) is 0 Å². The van der Waals surface area contributed by atoms with Crippen LogP contribution in [-0.4, -0.2) is 38.3 Å². The Hall–Kier alpha value is -3.06. The Morgan fingerprint density at radius 3 is 2.68 bits per heavy atom. The van der Waals surface area contributed by atoms with Crippen LogP contribution in [0.2, 0.25) is 5.02 Å². The Morgan fingerprint density at radius 2 is 1.93 bits per heavy atom. The molecule has 7 nitrogen and oxygen atoms in total. The average Bonchev–Trinajstić information content (AvgIpc) is 3.31. The van der Waals surface area contributed by atoms with Crippen LogP contribution in [0.5, 0.6) is 11.5 Å². The Morgan fingerprint density at radius 1 is 1.18 bits per heavy atom. The third-order valence-electron chi connectivity index (χ3n) is 4.58. The zero-order valence-electron chi connectivity index (χ0n) is 15.6. The van der Waals surface area contributed by atoms with Crippen LogP contribution < -0.4 is 4.74 Å². The minimum Gasteiger partial charge on any atom is -0.505 e. The van der Waals surface area contributed by atoms with Gasteiger partial charge in [0.2, 0.25) is 0 Å². The number of halogens is 1. The van der Waals surface area contributed by atoms with E-state index in [9.17, 15) is 9.90 Å². The van der Waals surface area contributed by atoms with E-state index < -0.39 is 5.97 Å². The van der Waals surface area contributed by atoms with Crippen LogP contribution in [0.25, 0.3) is 16.7 Å². The maximum absolute atomic E-state index is 11.3. The van der Waals surface area contributed by atoms with E-state index in [1.165, 1.54) is 0 Å². The minimum absolute atomic E-state index is 0.151. The van der Waals surface area contributed by atoms with Gasteiger partial charge in [0, 0.05) is 22.6 Å². The summed E-state index contributed by atoms with van der Waals surface area (Å²) < 4.78 is 14.6. The van der Waals surface area contributed by atoms with Crippen molar-refractivity contribution in [1.29, 1.82) is 0 Å². The number of phenolic OH excluding ortho intramolecular Hbond substituents is 1. The second kappa shape index (κ2) is 6.83. The van der Waals surface area contributed by atoms with Crippen molar-refractivity contribution < 1.29 is 19.4 Å². The number of aromatic nitrogens is 3. The Balaban J connectivity index is 1.44. The lowest BCUT2D eigenvalue weighted by Crippen LogP contribution is -2.09. The summed E-state index contributed by atoms with van der Waals surface area (Å²) >= 11 is 6.05. The highest BCUT2D eigenvalue weighted by atomic mass is 35.5. The Labute approximate surface area is 166 Å². The summed E-state index contributed by atoms with van der Waals surface area (Å²) in [6.07, 6.45) is 0.546. The molecule has 0 fully saturated rings. The summed E-state index contributed by atoms with van der Waals surface area (Å²) in [6, 6.07) is 9.29. The zero-order chi connectivity index (χ0) is 20.0. The average molecular weight is 402 g/mol. The molecule has 0 saturated carbocycles. The maximum Gasteiger partial charge on any atom is 0.333 e. The van der Waals surface area contributed by atoms with Gasteiger partial charge in [0.25, 0.3) is 0 Å². The molecule has 0 spiro atoms. The molecule has 0 unspecified atom stereocenters. The molecule has 0 atom stereocenters. The highest BCUT2D eigenvalue weighted by Crippen LogP contribution is 2.36.